The molecule has 0 unspecified atom stereocenters. The Bertz CT molecular complexity index is 1480. The maximum absolute atomic E-state index is 12.7. The zero-order valence-corrected chi connectivity index (χ0v) is 33.4. The lowest BCUT2D eigenvalue weighted by atomic mass is 9.68. The average molecular weight is 760 g/mol. The van der Waals surface area contributed by atoms with E-state index in [4.69, 9.17) is 24.7 Å². The van der Waals surface area contributed by atoms with Crippen molar-refractivity contribution in [2.24, 2.45) is 35.3 Å². The Hall–Kier alpha value is -4.14. The van der Waals surface area contributed by atoms with Crippen molar-refractivity contribution in [2.75, 3.05) is 20.3 Å². The predicted molar refractivity (Wildman–Crippen MR) is 215 cm³/mol. The van der Waals surface area contributed by atoms with Gasteiger partial charge in [0.15, 0.2) is 0 Å². The molecule has 0 saturated heterocycles. The van der Waals surface area contributed by atoms with Gasteiger partial charge < -0.3 is 29.5 Å². The molecule has 3 saturated carbocycles. The molecule has 0 heterocycles. The predicted octanol–water partition coefficient (Wildman–Crippen LogP) is 9.94. The molecule has 9 nitrogen and oxygen atoms in total. The van der Waals surface area contributed by atoms with Gasteiger partial charge in [0.2, 0.25) is 0 Å². The fourth-order valence-corrected chi connectivity index (χ4v) is 8.70. The first-order valence-electron chi connectivity index (χ1n) is 20.9. The fraction of sp³-hybridized carbons (Fsp3) is 0.609. The lowest BCUT2D eigenvalue weighted by Gasteiger charge is -2.38. The molecule has 3 aliphatic carbocycles. The summed E-state index contributed by atoms with van der Waals surface area (Å²) in [6, 6.07) is 13.2. The van der Waals surface area contributed by atoms with Crippen LogP contribution in [0.1, 0.15) is 144 Å². The van der Waals surface area contributed by atoms with Gasteiger partial charge in [-0.2, -0.15) is 0 Å². The molecule has 1 amide bonds. The second-order valence-electron chi connectivity index (χ2n) is 15.8. The number of benzene rings is 2. The Labute approximate surface area is 329 Å². The van der Waals surface area contributed by atoms with Gasteiger partial charge in [-0.05, 0) is 156 Å². The van der Waals surface area contributed by atoms with Crippen molar-refractivity contribution in [1.82, 2.24) is 0 Å². The number of nitrogens with two attached hydrogens (primary N) is 1. The van der Waals surface area contributed by atoms with Crippen LogP contribution in [0.25, 0.3) is 0 Å². The smallest absolute Gasteiger partial charge is 0.330 e. The second-order valence-corrected chi connectivity index (χ2v) is 15.8. The molecule has 3 aliphatic rings. The summed E-state index contributed by atoms with van der Waals surface area (Å²) < 4.78 is 21.2. The summed E-state index contributed by atoms with van der Waals surface area (Å²) in [5, 5.41) is 0. The zero-order valence-electron chi connectivity index (χ0n) is 33.4. The molecular weight excluding hydrogens is 695 g/mol. The Balaban J connectivity index is 0.000000287. The Morgan fingerprint density at radius 3 is 1.98 bits per heavy atom. The first-order valence-corrected chi connectivity index (χ1v) is 20.9. The van der Waals surface area contributed by atoms with Crippen LogP contribution in [-0.2, 0) is 19.1 Å². The van der Waals surface area contributed by atoms with Gasteiger partial charge in [-0.15, -0.1) is 0 Å². The van der Waals surface area contributed by atoms with Crippen molar-refractivity contribution in [3.8, 4) is 17.2 Å². The number of aldehydes is 1. The third-order valence-corrected chi connectivity index (χ3v) is 12.1. The van der Waals surface area contributed by atoms with Gasteiger partial charge in [-0.1, -0.05) is 45.3 Å². The van der Waals surface area contributed by atoms with Crippen molar-refractivity contribution >= 4 is 24.1 Å². The fourth-order valence-electron chi connectivity index (χ4n) is 8.70. The lowest BCUT2D eigenvalue weighted by molar-refractivity contribution is -0.140. The van der Waals surface area contributed by atoms with E-state index in [9.17, 15) is 19.2 Å². The van der Waals surface area contributed by atoms with Gasteiger partial charge in [0, 0.05) is 12.0 Å². The Kier molecular flexibility index (Phi) is 18.8. The van der Waals surface area contributed by atoms with Gasteiger partial charge in [0.05, 0.1) is 31.8 Å². The summed E-state index contributed by atoms with van der Waals surface area (Å²) in [5.41, 5.74) is 7.12. The van der Waals surface area contributed by atoms with Gasteiger partial charge in [-0.3, -0.25) is 9.59 Å². The van der Waals surface area contributed by atoms with E-state index < -0.39 is 5.91 Å². The molecular formula is C46H65NO8. The first-order chi connectivity index (χ1) is 26.7. The maximum Gasteiger partial charge on any atom is 0.330 e. The van der Waals surface area contributed by atoms with E-state index in [1.807, 2.05) is 36.4 Å². The number of amides is 1. The minimum Gasteiger partial charge on any atom is -0.497 e. The Morgan fingerprint density at radius 2 is 1.40 bits per heavy atom. The van der Waals surface area contributed by atoms with Crippen LogP contribution in [0.3, 0.4) is 0 Å². The molecule has 0 bridgehead atoms. The molecule has 2 aromatic rings. The minimum absolute atomic E-state index is 0.0469. The molecule has 0 spiro atoms. The second kappa shape index (κ2) is 23.7. The van der Waals surface area contributed by atoms with Gasteiger partial charge in [0.1, 0.15) is 23.5 Å². The molecule has 302 valence electrons. The van der Waals surface area contributed by atoms with Crippen molar-refractivity contribution in [1.29, 1.82) is 0 Å². The highest BCUT2D eigenvalue weighted by molar-refractivity contribution is 5.96. The third-order valence-electron chi connectivity index (χ3n) is 12.1. The number of rotatable bonds is 18. The first kappa shape index (κ1) is 43.6. The van der Waals surface area contributed by atoms with Crippen LogP contribution < -0.4 is 19.9 Å². The number of hydrogen-bond acceptors (Lipinski definition) is 8. The minimum atomic E-state index is -0.558. The maximum atomic E-state index is 12.7. The summed E-state index contributed by atoms with van der Waals surface area (Å²) in [6.07, 6.45) is 22.0. The molecule has 2 aromatic carbocycles. The van der Waals surface area contributed by atoms with Crippen molar-refractivity contribution in [3.05, 3.63) is 66.2 Å². The van der Waals surface area contributed by atoms with Crippen LogP contribution in [0, 0.1) is 29.6 Å². The lowest BCUT2D eigenvalue weighted by Crippen LogP contribution is -2.27. The molecule has 0 radical (unpaired) electrons. The number of hydrogen-bond donors (Lipinski definition) is 1. The number of primary amides is 1. The molecule has 55 heavy (non-hydrogen) atoms. The number of carbonyl (C=O) groups is 4. The van der Waals surface area contributed by atoms with Crippen LogP contribution >= 0.6 is 0 Å². The highest BCUT2D eigenvalue weighted by Crippen LogP contribution is 2.45. The highest BCUT2D eigenvalue weighted by atomic mass is 16.5. The van der Waals surface area contributed by atoms with E-state index in [1.165, 1.54) is 57.4 Å². The largest absolute Gasteiger partial charge is 0.497 e. The van der Waals surface area contributed by atoms with Gasteiger partial charge in [-0.25, -0.2) is 4.79 Å². The van der Waals surface area contributed by atoms with Crippen LogP contribution in [0.15, 0.2) is 55.1 Å². The van der Waals surface area contributed by atoms with E-state index in [-0.39, 0.29) is 29.5 Å². The number of carbonyl (C=O) groups excluding carboxylic acids is 4. The topological polar surface area (TPSA) is 131 Å². The number of methoxy groups -OCH3 is 1. The summed E-state index contributed by atoms with van der Waals surface area (Å²) in [6.45, 7) is 6.80. The van der Waals surface area contributed by atoms with Crippen molar-refractivity contribution in [3.63, 3.8) is 0 Å². The van der Waals surface area contributed by atoms with E-state index in [0.717, 1.165) is 79.6 Å². The standard InChI is InChI=1S/C30H43NO4.C16H22O4/c1-2-3-20-4-8-22(9-5-20)23-12-14-24(15-13-23)26-16-17-28(27(18-26)29(31)33)35-30(34)25-10-6-21(19-32)7-11-25;1-3-16(17)20-13-7-5-4-6-12-19-15-10-8-14(18-2)9-11-15/h16-25H,2-15H2,1H3,(H2,31,33);3,8-11H,1,4-7,12-13H2,2H3. The molecule has 3 fully saturated rings. The number of ether oxygens (including phenoxy) is 4. The van der Waals surface area contributed by atoms with Crippen LogP contribution in [0.2, 0.25) is 0 Å². The summed E-state index contributed by atoms with van der Waals surface area (Å²) >= 11 is 0. The van der Waals surface area contributed by atoms with Crippen LogP contribution in [0.4, 0.5) is 0 Å². The van der Waals surface area contributed by atoms with Gasteiger partial charge >= 0.3 is 11.9 Å². The van der Waals surface area contributed by atoms with Crippen LogP contribution in [-0.4, -0.2) is 44.5 Å². The normalized spacial score (nSPS) is 23.6. The zero-order chi connectivity index (χ0) is 39.4. The van der Waals surface area contributed by atoms with Crippen molar-refractivity contribution < 1.29 is 38.1 Å². The molecule has 0 aliphatic heterocycles. The third kappa shape index (κ3) is 14.5. The average Bonchev–Trinajstić information content (AvgIpc) is 3.22. The monoisotopic (exact) mass is 759 g/mol. The van der Waals surface area contributed by atoms with Gasteiger partial charge in [0.25, 0.3) is 5.91 Å². The molecule has 5 rings (SSSR count). The highest BCUT2D eigenvalue weighted by Gasteiger charge is 2.32. The van der Waals surface area contributed by atoms with Crippen molar-refractivity contribution in [2.45, 2.75) is 128 Å². The summed E-state index contributed by atoms with van der Waals surface area (Å²) in [4.78, 5) is 46.7. The number of esters is 2. The Morgan fingerprint density at radius 1 is 0.782 bits per heavy atom. The van der Waals surface area contributed by atoms with E-state index in [0.29, 0.717) is 50.4 Å². The molecule has 2 N–H and O–H groups in total. The quantitative estimate of drug-likeness (QED) is 0.0523. The van der Waals surface area contributed by atoms with E-state index >= 15 is 0 Å². The van der Waals surface area contributed by atoms with Crippen LogP contribution in [0.5, 0.6) is 17.2 Å². The number of unbranched alkanes of at least 4 members (excludes halogenated alkanes) is 3. The summed E-state index contributed by atoms with van der Waals surface area (Å²) in [7, 11) is 1.64. The summed E-state index contributed by atoms with van der Waals surface area (Å²) in [5.74, 6) is 3.67. The SMILES string of the molecule is C=CC(=O)OCCCCCCOc1ccc(OC)cc1.CCCC1CCC(C2CCC(c3ccc(OC(=O)C4CCC(C=O)CC4)c(C(N)=O)c3)CC2)CC1. The van der Waals surface area contributed by atoms with E-state index in [2.05, 4.69) is 13.5 Å². The molecule has 9 heteroatoms. The molecule has 0 aromatic heterocycles. The molecule has 0 atom stereocenters. The van der Waals surface area contributed by atoms with E-state index in [1.54, 1.807) is 13.2 Å².